The van der Waals surface area contributed by atoms with Gasteiger partial charge in [-0.15, -0.1) is 0 Å². The number of rotatable bonds is 5. The van der Waals surface area contributed by atoms with Crippen molar-refractivity contribution in [3.8, 4) is 11.1 Å². The van der Waals surface area contributed by atoms with Crippen LogP contribution >= 0.6 is 11.6 Å². The van der Waals surface area contributed by atoms with Crippen LogP contribution in [0, 0.1) is 0 Å². The summed E-state index contributed by atoms with van der Waals surface area (Å²) in [5.41, 5.74) is 2.41. The van der Waals surface area contributed by atoms with Crippen LogP contribution in [0.1, 0.15) is 17.9 Å². The zero-order valence-corrected chi connectivity index (χ0v) is 11.4. The molecule has 4 heteroatoms. The fourth-order valence-electron chi connectivity index (χ4n) is 2.07. The molecule has 0 aliphatic rings. The lowest BCUT2D eigenvalue weighted by Crippen LogP contribution is -2.11. The first-order valence-electron chi connectivity index (χ1n) is 6.14. The average molecular weight is 289 g/mol. The van der Waals surface area contributed by atoms with Gasteiger partial charge in [-0.1, -0.05) is 54.1 Å². The molecule has 2 aromatic rings. The maximum absolute atomic E-state index is 11.1. The zero-order chi connectivity index (χ0) is 14.5. The first-order valence-corrected chi connectivity index (χ1v) is 6.52. The van der Waals surface area contributed by atoms with Crippen LogP contribution in [0.4, 0.5) is 0 Å². The van der Waals surface area contributed by atoms with E-state index in [4.69, 9.17) is 16.7 Å². The molecule has 0 aliphatic carbocycles. The van der Waals surface area contributed by atoms with Crippen LogP contribution < -0.4 is 0 Å². The molecule has 0 amide bonds. The molecule has 0 radical (unpaired) electrons. The monoisotopic (exact) mass is 288 g/mol. The number of aldehydes is 1. The Morgan fingerprint density at radius 1 is 1.15 bits per heavy atom. The number of hydrogen-bond acceptors (Lipinski definition) is 2. The third kappa shape index (κ3) is 3.06. The smallest absolute Gasteiger partial charge is 0.311 e. The van der Waals surface area contributed by atoms with E-state index in [1.165, 1.54) is 0 Å². The summed E-state index contributed by atoms with van der Waals surface area (Å²) in [4.78, 5) is 21.7. The van der Waals surface area contributed by atoms with E-state index in [1.54, 1.807) is 18.2 Å². The first-order chi connectivity index (χ1) is 9.63. The van der Waals surface area contributed by atoms with Crippen molar-refractivity contribution in [2.75, 3.05) is 0 Å². The SMILES string of the molecule is O=CCC(C(=O)O)c1ccc(-c2ccccc2Cl)cc1. The normalized spacial score (nSPS) is 11.8. The summed E-state index contributed by atoms with van der Waals surface area (Å²) >= 11 is 6.12. The molecule has 3 nitrogen and oxygen atoms in total. The predicted molar refractivity (Wildman–Crippen MR) is 77.9 cm³/mol. The van der Waals surface area contributed by atoms with Crippen LogP contribution in [0.5, 0.6) is 0 Å². The highest BCUT2D eigenvalue weighted by Crippen LogP contribution is 2.29. The molecule has 0 bridgehead atoms. The molecule has 0 saturated heterocycles. The standard InChI is InChI=1S/C16H13ClO3/c17-15-4-2-1-3-13(15)11-5-7-12(8-6-11)14(9-10-18)16(19)20/h1-8,10,14H,9H2,(H,19,20). The lowest BCUT2D eigenvalue weighted by atomic mass is 9.94. The fraction of sp³-hybridized carbons (Fsp3) is 0.125. The quantitative estimate of drug-likeness (QED) is 0.852. The van der Waals surface area contributed by atoms with E-state index in [9.17, 15) is 9.59 Å². The molecule has 0 aromatic heterocycles. The van der Waals surface area contributed by atoms with E-state index in [0.717, 1.165) is 11.1 Å². The summed E-state index contributed by atoms with van der Waals surface area (Å²) in [7, 11) is 0. The third-order valence-corrected chi connectivity index (χ3v) is 3.46. The second-order valence-corrected chi connectivity index (χ2v) is 4.80. The van der Waals surface area contributed by atoms with Crippen molar-refractivity contribution < 1.29 is 14.7 Å². The minimum Gasteiger partial charge on any atom is -0.481 e. The van der Waals surface area contributed by atoms with Gasteiger partial charge in [0, 0.05) is 17.0 Å². The lowest BCUT2D eigenvalue weighted by molar-refractivity contribution is -0.139. The number of aliphatic carboxylic acids is 1. The minimum absolute atomic E-state index is 0.0270. The number of benzene rings is 2. The summed E-state index contributed by atoms with van der Waals surface area (Å²) in [6, 6.07) is 14.5. The Hall–Kier alpha value is -2.13. The van der Waals surface area contributed by atoms with Gasteiger partial charge >= 0.3 is 5.97 Å². The Kier molecular flexibility index (Phi) is 4.53. The van der Waals surface area contributed by atoms with Crippen molar-refractivity contribution in [1.29, 1.82) is 0 Å². The van der Waals surface area contributed by atoms with Gasteiger partial charge in [-0.25, -0.2) is 0 Å². The summed E-state index contributed by atoms with van der Waals surface area (Å²) in [6.45, 7) is 0. The highest BCUT2D eigenvalue weighted by Gasteiger charge is 2.19. The van der Waals surface area contributed by atoms with Crippen molar-refractivity contribution in [2.24, 2.45) is 0 Å². The molecular weight excluding hydrogens is 276 g/mol. The van der Waals surface area contributed by atoms with E-state index >= 15 is 0 Å². The predicted octanol–water partition coefficient (Wildman–Crippen LogP) is 3.76. The summed E-state index contributed by atoms with van der Waals surface area (Å²) in [5, 5.41) is 9.75. The molecule has 0 aliphatic heterocycles. The molecule has 0 saturated carbocycles. The number of carboxylic acids is 1. The van der Waals surface area contributed by atoms with Crippen molar-refractivity contribution in [3.63, 3.8) is 0 Å². The van der Waals surface area contributed by atoms with Crippen LogP contribution in [-0.4, -0.2) is 17.4 Å². The molecule has 1 unspecified atom stereocenters. The molecular formula is C16H13ClO3. The van der Waals surface area contributed by atoms with Gasteiger partial charge in [0.2, 0.25) is 0 Å². The summed E-state index contributed by atoms with van der Waals surface area (Å²) in [5.74, 6) is -1.80. The highest BCUT2D eigenvalue weighted by atomic mass is 35.5. The summed E-state index contributed by atoms with van der Waals surface area (Å²) < 4.78 is 0. The van der Waals surface area contributed by atoms with Crippen LogP contribution in [-0.2, 0) is 9.59 Å². The van der Waals surface area contributed by atoms with Crippen molar-refractivity contribution in [1.82, 2.24) is 0 Å². The van der Waals surface area contributed by atoms with Gasteiger partial charge < -0.3 is 9.90 Å². The van der Waals surface area contributed by atoms with Crippen LogP contribution in [0.3, 0.4) is 0 Å². The van der Waals surface area contributed by atoms with Gasteiger partial charge in [-0.05, 0) is 17.2 Å². The van der Waals surface area contributed by atoms with Gasteiger partial charge in [-0.3, -0.25) is 4.79 Å². The van der Waals surface area contributed by atoms with Gasteiger partial charge in [0.05, 0.1) is 5.92 Å². The molecule has 0 spiro atoms. The van der Waals surface area contributed by atoms with Crippen LogP contribution in [0.25, 0.3) is 11.1 Å². The van der Waals surface area contributed by atoms with E-state index in [2.05, 4.69) is 0 Å². The number of carbonyl (C=O) groups excluding carboxylic acids is 1. The Bertz CT molecular complexity index is 620. The van der Waals surface area contributed by atoms with Crippen molar-refractivity contribution in [2.45, 2.75) is 12.3 Å². The molecule has 0 heterocycles. The van der Waals surface area contributed by atoms with Crippen LogP contribution in [0.2, 0.25) is 5.02 Å². The third-order valence-electron chi connectivity index (χ3n) is 3.13. The van der Waals surface area contributed by atoms with E-state index < -0.39 is 11.9 Å². The molecule has 20 heavy (non-hydrogen) atoms. The second-order valence-electron chi connectivity index (χ2n) is 4.40. The Morgan fingerprint density at radius 2 is 1.80 bits per heavy atom. The Morgan fingerprint density at radius 3 is 2.35 bits per heavy atom. The van der Waals surface area contributed by atoms with E-state index in [-0.39, 0.29) is 6.42 Å². The molecule has 2 aromatic carbocycles. The molecule has 2 rings (SSSR count). The molecule has 1 atom stereocenters. The number of halogens is 1. The molecule has 0 fully saturated rings. The van der Waals surface area contributed by atoms with Crippen molar-refractivity contribution >= 4 is 23.9 Å². The first kappa shape index (κ1) is 14.3. The number of carbonyl (C=O) groups is 2. The lowest BCUT2D eigenvalue weighted by Gasteiger charge is -2.11. The Labute approximate surface area is 121 Å². The maximum Gasteiger partial charge on any atom is 0.311 e. The van der Waals surface area contributed by atoms with E-state index in [0.29, 0.717) is 16.9 Å². The number of carboxylic acid groups (broad SMARTS) is 1. The van der Waals surface area contributed by atoms with Crippen molar-refractivity contribution in [3.05, 3.63) is 59.1 Å². The van der Waals surface area contributed by atoms with Gasteiger partial charge in [0.15, 0.2) is 0 Å². The topological polar surface area (TPSA) is 54.4 Å². The van der Waals surface area contributed by atoms with Crippen LogP contribution in [0.15, 0.2) is 48.5 Å². The maximum atomic E-state index is 11.1. The van der Waals surface area contributed by atoms with Gasteiger partial charge in [-0.2, -0.15) is 0 Å². The van der Waals surface area contributed by atoms with Gasteiger partial charge in [0.25, 0.3) is 0 Å². The van der Waals surface area contributed by atoms with E-state index in [1.807, 2.05) is 30.3 Å². The summed E-state index contributed by atoms with van der Waals surface area (Å²) in [6.07, 6.45) is 0.599. The molecule has 102 valence electrons. The minimum atomic E-state index is -0.998. The van der Waals surface area contributed by atoms with Gasteiger partial charge in [0.1, 0.15) is 6.29 Å². The second kappa shape index (κ2) is 6.35. The highest BCUT2D eigenvalue weighted by molar-refractivity contribution is 6.33. The number of hydrogen-bond donors (Lipinski definition) is 1. The molecule has 1 N–H and O–H groups in total. The fourth-order valence-corrected chi connectivity index (χ4v) is 2.31. The Balaban J connectivity index is 2.32. The average Bonchev–Trinajstić information content (AvgIpc) is 2.45. The zero-order valence-electron chi connectivity index (χ0n) is 10.6. The largest absolute Gasteiger partial charge is 0.481 e.